The summed E-state index contributed by atoms with van der Waals surface area (Å²) in [5.74, 6) is -1.24. The molecular formula is C13H18O4. The minimum Gasteiger partial charge on any atom is -0.504 e. The molecule has 0 heterocycles. The fraction of sp³-hybridized carbons (Fsp3) is 0.462. The summed E-state index contributed by atoms with van der Waals surface area (Å²) < 4.78 is 0. The molecule has 1 aromatic rings. The summed E-state index contributed by atoms with van der Waals surface area (Å²) >= 11 is 0. The second-order valence-corrected chi connectivity index (χ2v) is 5.00. The number of aliphatic carboxylic acids is 1. The first-order valence-corrected chi connectivity index (χ1v) is 5.41. The van der Waals surface area contributed by atoms with Gasteiger partial charge in [-0.05, 0) is 36.6 Å². The highest BCUT2D eigenvalue weighted by Gasteiger charge is 2.28. The summed E-state index contributed by atoms with van der Waals surface area (Å²) in [4.78, 5) is 10.8. The Kier molecular flexibility index (Phi) is 3.36. The number of benzene rings is 1. The smallest absolute Gasteiger partial charge is 0.304 e. The minimum atomic E-state index is -0.889. The molecule has 1 rings (SSSR count). The minimum absolute atomic E-state index is 0.0303. The average molecular weight is 238 g/mol. The van der Waals surface area contributed by atoms with E-state index in [9.17, 15) is 15.0 Å². The molecule has 0 atom stereocenters. The molecule has 1 aromatic carbocycles. The number of carboxylic acid groups (broad SMARTS) is 1. The normalized spacial score (nSPS) is 11.5. The highest BCUT2D eigenvalue weighted by atomic mass is 16.4. The average Bonchev–Trinajstić information content (AvgIpc) is 2.18. The van der Waals surface area contributed by atoms with Crippen molar-refractivity contribution in [1.82, 2.24) is 0 Å². The molecule has 0 aromatic heterocycles. The van der Waals surface area contributed by atoms with Gasteiger partial charge in [-0.25, -0.2) is 0 Å². The van der Waals surface area contributed by atoms with Crippen LogP contribution < -0.4 is 0 Å². The number of phenolic OH excluding ortho intramolecular Hbond substituents is 2. The van der Waals surface area contributed by atoms with Gasteiger partial charge in [0, 0.05) is 5.41 Å². The Morgan fingerprint density at radius 2 is 1.76 bits per heavy atom. The number of hydrogen-bond donors (Lipinski definition) is 3. The quantitative estimate of drug-likeness (QED) is 0.707. The van der Waals surface area contributed by atoms with E-state index in [2.05, 4.69) is 0 Å². The molecule has 0 saturated heterocycles. The molecule has 4 heteroatoms. The van der Waals surface area contributed by atoms with Gasteiger partial charge in [-0.2, -0.15) is 0 Å². The second kappa shape index (κ2) is 4.28. The number of carboxylic acids is 1. The number of aromatic hydroxyl groups is 2. The van der Waals surface area contributed by atoms with E-state index in [-0.39, 0.29) is 17.9 Å². The summed E-state index contributed by atoms with van der Waals surface area (Å²) in [7, 11) is 0. The molecule has 94 valence electrons. The molecule has 4 nitrogen and oxygen atoms in total. The van der Waals surface area contributed by atoms with Crippen LogP contribution in [-0.2, 0) is 10.2 Å². The molecule has 0 spiro atoms. The van der Waals surface area contributed by atoms with Gasteiger partial charge >= 0.3 is 5.97 Å². The van der Waals surface area contributed by atoms with Crippen molar-refractivity contribution in [3.63, 3.8) is 0 Å². The summed E-state index contributed by atoms with van der Waals surface area (Å²) in [5.41, 5.74) is 1.55. The maximum atomic E-state index is 10.8. The van der Waals surface area contributed by atoms with E-state index in [1.807, 2.05) is 6.92 Å². The van der Waals surface area contributed by atoms with Crippen LogP contribution in [0.1, 0.15) is 37.0 Å². The first-order valence-electron chi connectivity index (χ1n) is 5.41. The molecule has 0 aliphatic heterocycles. The van der Waals surface area contributed by atoms with Gasteiger partial charge in [-0.15, -0.1) is 0 Å². The number of rotatable bonds is 3. The Bertz CT molecular complexity index is 461. The van der Waals surface area contributed by atoms with E-state index in [0.717, 1.165) is 11.1 Å². The predicted octanol–water partition coefficient (Wildman–Crippen LogP) is 2.47. The maximum Gasteiger partial charge on any atom is 0.304 e. The molecule has 0 radical (unpaired) electrons. The lowest BCUT2D eigenvalue weighted by Crippen LogP contribution is -2.23. The zero-order valence-electron chi connectivity index (χ0n) is 10.5. The summed E-state index contributed by atoms with van der Waals surface area (Å²) in [5, 5.41) is 28.1. The monoisotopic (exact) mass is 238 g/mol. The van der Waals surface area contributed by atoms with Crippen LogP contribution in [0, 0.1) is 13.8 Å². The van der Waals surface area contributed by atoms with Crippen LogP contribution in [0.4, 0.5) is 0 Å². The molecule has 0 unspecified atom stereocenters. The molecule has 0 aliphatic carbocycles. The van der Waals surface area contributed by atoms with Gasteiger partial charge in [-0.3, -0.25) is 4.79 Å². The topological polar surface area (TPSA) is 77.8 Å². The van der Waals surface area contributed by atoms with Crippen molar-refractivity contribution in [2.45, 2.75) is 39.5 Å². The summed E-state index contributed by atoms with van der Waals surface area (Å²) in [6, 6.07) is 1.45. The Balaban J connectivity index is 3.37. The largest absolute Gasteiger partial charge is 0.504 e. The van der Waals surface area contributed by atoms with Gasteiger partial charge in [0.05, 0.1) is 6.42 Å². The standard InChI is InChI=1S/C13H18O4/c1-7-8(2)12(17)10(14)5-9(7)13(3,4)6-11(15)16/h5,14,17H,6H2,1-4H3,(H,15,16). The molecule has 3 N–H and O–H groups in total. The SMILES string of the molecule is Cc1c(C(C)(C)CC(=O)O)cc(O)c(O)c1C. The van der Waals surface area contributed by atoms with Crippen LogP contribution in [-0.4, -0.2) is 21.3 Å². The Morgan fingerprint density at radius 1 is 1.24 bits per heavy atom. The molecule has 0 aliphatic rings. The maximum absolute atomic E-state index is 10.8. The summed E-state index contributed by atoms with van der Waals surface area (Å²) in [6.45, 7) is 7.12. The first-order chi connectivity index (χ1) is 7.66. The zero-order valence-corrected chi connectivity index (χ0v) is 10.5. The predicted molar refractivity (Wildman–Crippen MR) is 64.5 cm³/mol. The lowest BCUT2D eigenvalue weighted by atomic mass is 9.78. The van der Waals surface area contributed by atoms with Crippen molar-refractivity contribution in [3.05, 3.63) is 22.8 Å². The Morgan fingerprint density at radius 3 is 2.24 bits per heavy atom. The van der Waals surface area contributed by atoms with Crippen molar-refractivity contribution in [2.75, 3.05) is 0 Å². The summed E-state index contributed by atoms with van der Waals surface area (Å²) in [6.07, 6.45) is -0.0303. The van der Waals surface area contributed by atoms with Crippen molar-refractivity contribution in [1.29, 1.82) is 0 Å². The van der Waals surface area contributed by atoms with Crippen LogP contribution in [0.2, 0.25) is 0 Å². The fourth-order valence-corrected chi connectivity index (χ4v) is 2.06. The molecule has 17 heavy (non-hydrogen) atoms. The lowest BCUT2D eigenvalue weighted by molar-refractivity contribution is -0.138. The first kappa shape index (κ1) is 13.4. The lowest BCUT2D eigenvalue weighted by Gasteiger charge is -2.26. The van der Waals surface area contributed by atoms with E-state index in [1.165, 1.54) is 6.07 Å². The van der Waals surface area contributed by atoms with E-state index in [1.54, 1.807) is 20.8 Å². The zero-order chi connectivity index (χ0) is 13.4. The highest BCUT2D eigenvalue weighted by Crippen LogP contribution is 2.39. The van der Waals surface area contributed by atoms with Gasteiger partial charge in [0.25, 0.3) is 0 Å². The molecule has 0 fully saturated rings. The third kappa shape index (κ3) is 2.52. The van der Waals surface area contributed by atoms with Crippen molar-refractivity contribution >= 4 is 5.97 Å². The van der Waals surface area contributed by atoms with Gasteiger partial charge in [0.15, 0.2) is 11.5 Å². The van der Waals surface area contributed by atoms with Gasteiger partial charge in [-0.1, -0.05) is 13.8 Å². The third-order valence-electron chi connectivity index (χ3n) is 3.17. The van der Waals surface area contributed by atoms with Crippen molar-refractivity contribution in [2.24, 2.45) is 0 Å². The third-order valence-corrected chi connectivity index (χ3v) is 3.17. The molecule has 0 bridgehead atoms. The molecule has 0 amide bonds. The van der Waals surface area contributed by atoms with Crippen molar-refractivity contribution < 1.29 is 20.1 Å². The Hall–Kier alpha value is -1.71. The highest BCUT2D eigenvalue weighted by molar-refractivity contribution is 5.69. The van der Waals surface area contributed by atoms with E-state index in [0.29, 0.717) is 5.56 Å². The second-order valence-electron chi connectivity index (χ2n) is 5.00. The van der Waals surface area contributed by atoms with Gasteiger partial charge in [0.2, 0.25) is 0 Å². The molecule has 0 saturated carbocycles. The van der Waals surface area contributed by atoms with E-state index < -0.39 is 11.4 Å². The number of phenols is 2. The number of carbonyl (C=O) groups is 1. The molecular weight excluding hydrogens is 220 g/mol. The van der Waals surface area contributed by atoms with E-state index in [4.69, 9.17) is 5.11 Å². The van der Waals surface area contributed by atoms with Crippen molar-refractivity contribution in [3.8, 4) is 11.5 Å². The van der Waals surface area contributed by atoms with Crippen LogP contribution in [0.5, 0.6) is 11.5 Å². The van der Waals surface area contributed by atoms with Gasteiger partial charge < -0.3 is 15.3 Å². The van der Waals surface area contributed by atoms with Crippen LogP contribution in [0.15, 0.2) is 6.07 Å². The Labute approximate surface area is 101 Å². The van der Waals surface area contributed by atoms with E-state index >= 15 is 0 Å². The number of hydrogen-bond acceptors (Lipinski definition) is 3. The van der Waals surface area contributed by atoms with Crippen LogP contribution in [0.3, 0.4) is 0 Å². The van der Waals surface area contributed by atoms with Crippen LogP contribution in [0.25, 0.3) is 0 Å². The van der Waals surface area contributed by atoms with Gasteiger partial charge in [0.1, 0.15) is 0 Å². The van der Waals surface area contributed by atoms with Crippen LogP contribution >= 0.6 is 0 Å². The fourth-order valence-electron chi connectivity index (χ4n) is 2.06.